The van der Waals surface area contributed by atoms with Gasteiger partial charge in [0.1, 0.15) is 23.8 Å². The average molecular weight is 639 g/mol. The van der Waals surface area contributed by atoms with Crippen LogP contribution in [0.5, 0.6) is 5.75 Å². The number of aliphatic hydroxyl groups is 1. The molecule has 3 aromatic rings. The van der Waals surface area contributed by atoms with Crippen molar-refractivity contribution in [1.29, 1.82) is 0 Å². The zero-order valence-corrected chi connectivity index (χ0v) is 26.8. The Morgan fingerprint density at radius 2 is 1.78 bits per heavy atom. The molecule has 3 fully saturated rings. The first kappa shape index (κ1) is 32.3. The van der Waals surface area contributed by atoms with Crippen molar-refractivity contribution in [2.45, 2.75) is 81.9 Å². The molecule has 0 bridgehead atoms. The SMILES string of the molecule is CO[C@H]1CCN(c2ncc(F)c(Nc3cc(NC4CCC(C)(O)CC4)c(-c4ccc(OC5CCN(C)CC5)cn4)cn3)n2)C[C@H]1F. The molecule has 3 aromatic heterocycles. The number of methoxy groups -OCH3 is 1. The molecule has 5 heterocycles. The largest absolute Gasteiger partial charge is 0.489 e. The highest BCUT2D eigenvalue weighted by Gasteiger charge is 2.31. The summed E-state index contributed by atoms with van der Waals surface area (Å²) in [4.78, 5) is 21.8. The summed E-state index contributed by atoms with van der Waals surface area (Å²) in [6.07, 6.45) is 8.46. The third-order valence-corrected chi connectivity index (χ3v) is 9.35. The van der Waals surface area contributed by atoms with Gasteiger partial charge in [-0.05, 0) is 71.0 Å². The van der Waals surface area contributed by atoms with E-state index in [-0.39, 0.29) is 30.5 Å². The molecule has 1 saturated carbocycles. The number of hydrogen-bond donors (Lipinski definition) is 3. The van der Waals surface area contributed by atoms with Gasteiger partial charge in [0.15, 0.2) is 11.6 Å². The lowest BCUT2D eigenvalue weighted by molar-refractivity contribution is 0.0194. The van der Waals surface area contributed by atoms with Crippen molar-refractivity contribution >= 4 is 23.3 Å². The number of anilines is 4. The molecule has 0 amide bonds. The lowest BCUT2D eigenvalue weighted by atomic mass is 9.83. The highest BCUT2D eigenvalue weighted by atomic mass is 19.1. The minimum Gasteiger partial charge on any atom is -0.489 e. The van der Waals surface area contributed by atoms with E-state index in [1.807, 2.05) is 25.1 Å². The fourth-order valence-corrected chi connectivity index (χ4v) is 6.41. The molecule has 3 aliphatic rings. The van der Waals surface area contributed by atoms with Gasteiger partial charge in [0, 0.05) is 56.3 Å². The molecule has 248 valence electrons. The number of nitrogens with one attached hydrogen (secondary N) is 2. The van der Waals surface area contributed by atoms with E-state index < -0.39 is 23.7 Å². The van der Waals surface area contributed by atoms with Gasteiger partial charge in [0.05, 0.1) is 36.3 Å². The second-order valence-corrected chi connectivity index (χ2v) is 13.0. The summed E-state index contributed by atoms with van der Waals surface area (Å²) >= 11 is 0. The smallest absolute Gasteiger partial charge is 0.227 e. The minimum atomic E-state index is -1.20. The Kier molecular flexibility index (Phi) is 9.81. The summed E-state index contributed by atoms with van der Waals surface area (Å²) in [5, 5.41) is 17.1. The Hall–Kier alpha value is -3.68. The van der Waals surface area contributed by atoms with Crippen molar-refractivity contribution in [2.24, 2.45) is 0 Å². The molecular weight excluding hydrogens is 594 g/mol. The molecule has 0 radical (unpaired) electrons. The van der Waals surface area contributed by atoms with Crippen LogP contribution >= 0.6 is 0 Å². The lowest BCUT2D eigenvalue weighted by Crippen LogP contribution is -2.46. The number of ether oxygens (including phenoxy) is 2. The summed E-state index contributed by atoms with van der Waals surface area (Å²) in [6, 6.07) is 5.80. The molecule has 2 atom stereocenters. The molecule has 0 spiro atoms. The van der Waals surface area contributed by atoms with E-state index >= 15 is 0 Å². The zero-order chi connectivity index (χ0) is 32.3. The topological polar surface area (TPSA) is 121 Å². The van der Waals surface area contributed by atoms with Crippen LogP contribution in [-0.2, 0) is 4.74 Å². The van der Waals surface area contributed by atoms with Crippen LogP contribution in [0, 0.1) is 5.82 Å². The number of hydrogen-bond acceptors (Lipinski definition) is 11. The summed E-state index contributed by atoms with van der Waals surface area (Å²) in [7, 11) is 3.62. The molecule has 2 aliphatic heterocycles. The van der Waals surface area contributed by atoms with Gasteiger partial charge >= 0.3 is 0 Å². The van der Waals surface area contributed by atoms with Crippen molar-refractivity contribution in [3.8, 4) is 17.0 Å². The number of halogens is 2. The molecule has 6 rings (SSSR count). The van der Waals surface area contributed by atoms with Gasteiger partial charge in [-0.2, -0.15) is 4.98 Å². The number of rotatable bonds is 9. The zero-order valence-electron chi connectivity index (χ0n) is 26.8. The summed E-state index contributed by atoms with van der Waals surface area (Å²) in [5.41, 5.74) is 1.61. The van der Waals surface area contributed by atoms with Gasteiger partial charge in [-0.25, -0.2) is 18.7 Å². The molecule has 13 heteroatoms. The van der Waals surface area contributed by atoms with E-state index in [2.05, 4.69) is 37.5 Å². The maximum Gasteiger partial charge on any atom is 0.227 e. The van der Waals surface area contributed by atoms with Crippen LogP contribution < -0.4 is 20.3 Å². The number of pyridine rings is 2. The van der Waals surface area contributed by atoms with Crippen LogP contribution in [0.4, 0.5) is 32.1 Å². The maximum atomic E-state index is 14.9. The first-order valence-electron chi connectivity index (χ1n) is 16.2. The second-order valence-electron chi connectivity index (χ2n) is 13.0. The van der Waals surface area contributed by atoms with E-state index in [1.54, 1.807) is 17.3 Å². The van der Waals surface area contributed by atoms with Crippen LogP contribution in [0.2, 0.25) is 0 Å². The van der Waals surface area contributed by atoms with Crippen LogP contribution in [0.25, 0.3) is 11.3 Å². The normalized spacial score (nSPS) is 26.1. The van der Waals surface area contributed by atoms with Crippen LogP contribution in [0.15, 0.2) is 36.8 Å². The van der Waals surface area contributed by atoms with Crippen molar-refractivity contribution in [1.82, 2.24) is 24.8 Å². The molecule has 46 heavy (non-hydrogen) atoms. The Balaban J connectivity index is 1.22. The Morgan fingerprint density at radius 3 is 2.48 bits per heavy atom. The van der Waals surface area contributed by atoms with Gasteiger partial charge in [0.2, 0.25) is 5.95 Å². The van der Waals surface area contributed by atoms with Gasteiger partial charge < -0.3 is 35.0 Å². The molecule has 0 unspecified atom stereocenters. The van der Waals surface area contributed by atoms with E-state index in [0.29, 0.717) is 31.6 Å². The second kappa shape index (κ2) is 14.0. The fourth-order valence-electron chi connectivity index (χ4n) is 6.41. The number of aromatic nitrogens is 4. The minimum absolute atomic E-state index is 0.0530. The predicted octanol–water partition coefficient (Wildman–Crippen LogP) is 4.96. The first-order chi connectivity index (χ1) is 22.2. The maximum absolute atomic E-state index is 14.9. The number of nitrogens with zero attached hydrogens (tertiary/aromatic N) is 6. The van der Waals surface area contributed by atoms with E-state index in [9.17, 15) is 13.9 Å². The highest BCUT2D eigenvalue weighted by molar-refractivity contribution is 5.78. The van der Waals surface area contributed by atoms with Gasteiger partial charge in [-0.15, -0.1) is 0 Å². The van der Waals surface area contributed by atoms with Crippen molar-refractivity contribution in [3.63, 3.8) is 0 Å². The van der Waals surface area contributed by atoms with Crippen molar-refractivity contribution in [3.05, 3.63) is 42.6 Å². The van der Waals surface area contributed by atoms with Gasteiger partial charge in [-0.3, -0.25) is 4.98 Å². The van der Waals surface area contributed by atoms with E-state index in [4.69, 9.17) is 14.5 Å². The van der Waals surface area contributed by atoms with Crippen LogP contribution in [-0.4, -0.2) is 100 Å². The molecule has 3 N–H and O–H groups in total. The van der Waals surface area contributed by atoms with Crippen molar-refractivity contribution in [2.75, 3.05) is 55.9 Å². The molecule has 2 saturated heterocycles. The van der Waals surface area contributed by atoms with Gasteiger partial charge in [-0.1, -0.05) is 0 Å². The first-order valence-corrected chi connectivity index (χ1v) is 16.2. The monoisotopic (exact) mass is 638 g/mol. The highest BCUT2D eigenvalue weighted by Crippen LogP contribution is 2.35. The van der Waals surface area contributed by atoms with E-state index in [0.717, 1.165) is 67.7 Å². The Morgan fingerprint density at radius 1 is 1.00 bits per heavy atom. The number of piperidine rings is 2. The van der Waals surface area contributed by atoms with E-state index in [1.165, 1.54) is 7.11 Å². The molecular formula is C33H44F2N8O3. The quantitative estimate of drug-likeness (QED) is 0.295. The average Bonchev–Trinajstić information content (AvgIpc) is 3.05. The van der Waals surface area contributed by atoms with Crippen LogP contribution in [0.3, 0.4) is 0 Å². The van der Waals surface area contributed by atoms with Crippen molar-refractivity contribution < 1.29 is 23.4 Å². The Labute approximate surface area is 268 Å². The standard InChI is InChI=1S/C33H44F2N8O3/c1-33(44)11-6-21(7-12-33)39-28-16-30(40-31-25(34)19-38-32(41-31)43-15-10-29(45-3)26(35)20-43)37-18-24(28)27-5-4-23(17-36-27)46-22-8-13-42(2)14-9-22/h4-5,16-19,21-22,26,29,44H,6-15,20H2,1-3H3,(H2,37,38,39,40,41)/t21?,26-,29+,33?/m1/s1. The fraction of sp³-hybridized carbons (Fsp3) is 0.576. The lowest BCUT2D eigenvalue weighted by Gasteiger charge is -2.34. The van der Waals surface area contributed by atoms with Crippen LogP contribution in [0.1, 0.15) is 51.9 Å². The summed E-state index contributed by atoms with van der Waals surface area (Å²) < 4.78 is 40.9. The number of likely N-dealkylation sites (tertiary alicyclic amines) is 1. The molecule has 11 nitrogen and oxygen atoms in total. The van der Waals surface area contributed by atoms with Gasteiger partial charge in [0.25, 0.3) is 0 Å². The summed E-state index contributed by atoms with van der Waals surface area (Å²) in [5.74, 6) is 0.638. The number of alkyl halides is 1. The molecule has 1 aliphatic carbocycles. The predicted molar refractivity (Wildman–Crippen MR) is 173 cm³/mol. The third kappa shape index (κ3) is 7.81. The third-order valence-electron chi connectivity index (χ3n) is 9.35. The summed E-state index contributed by atoms with van der Waals surface area (Å²) in [6.45, 7) is 4.46. The Bertz CT molecular complexity index is 1460. The molecule has 0 aromatic carbocycles.